The Labute approximate surface area is 119 Å². The molecule has 1 fully saturated rings. The zero-order valence-electron chi connectivity index (χ0n) is 12.1. The number of aryl methyl sites for hydroxylation is 1. The number of nitro benzene ring substituents is 1. The first-order chi connectivity index (χ1) is 9.44. The third-order valence-corrected chi connectivity index (χ3v) is 4.22. The van der Waals surface area contributed by atoms with Crippen LogP contribution in [0.5, 0.6) is 0 Å². The summed E-state index contributed by atoms with van der Waals surface area (Å²) in [6.45, 7) is 4.12. The summed E-state index contributed by atoms with van der Waals surface area (Å²) in [5.41, 5.74) is 1.32. The molecule has 110 valence electrons. The van der Waals surface area contributed by atoms with Crippen molar-refractivity contribution in [1.29, 1.82) is 0 Å². The van der Waals surface area contributed by atoms with Crippen LogP contribution in [0.4, 0.5) is 11.4 Å². The highest BCUT2D eigenvalue weighted by molar-refractivity contribution is 5.55. The second kappa shape index (κ2) is 5.79. The molecule has 0 aromatic heterocycles. The third-order valence-electron chi connectivity index (χ3n) is 4.22. The van der Waals surface area contributed by atoms with Gasteiger partial charge in [0.1, 0.15) is 0 Å². The van der Waals surface area contributed by atoms with Gasteiger partial charge in [-0.2, -0.15) is 0 Å². The van der Waals surface area contributed by atoms with Crippen molar-refractivity contribution in [3.8, 4) is 0 Å². The number of hydrogen-bond donors (Lipinski definition) is 2. The summed E-state index contributed by atoms with van der Waals surface area (Å²) in [5, 5.41) is 24.0. The Morgan fingerprint density at radius 3 is 2.60 bits per heavy atom. The van der Waals surface area contributed by atoms with Gasteiger partial charge in [-0.25, -0.2) is 0 Å². The molecule has 0 atom stereocenters. The highest BCUT2D eigenvalue weighted by atomic mass is 16.6. The molecule has 0 spiro atoms. The van der Waals surface area contributed by atoms with Crippen LogP contribution in [0.15, 0.2) is 18.2 Å². The maximum atomic E-state index is 10.9. The van der Waals surface area contributed by atoms with E-state index in [-0.39, 0.29) is 22.8 Å². The monoisotopic (exact) mass is 278 g/mol. The molecular weight excluding hydrogens is 256 g/mol. The SMILES string of the molecule is Cc1cc(NC2(CO)CCC(C)CC2)cc([N+](=O)[O-])c1. The van der Waals surface area contributed by atoms with Crippen LogP contribution in [-0.4, -0.2) is 22.2 Å². The molecule has 0 saturated heterocycles. The number of nitrogens with one attached hydrogen (secondary N) is 1. The number of rotatable bonds is 4. The Morgan fingerprint density at radius 1 is 1.40 bits per heavy atom. The van der Waals surface area contributed by atoms with Crippen LogP contribution in [0.1, 0.15) is 38.2 Å². The van der Waals surface area contributed by atoms with Crippen molar-refractivity contribution in [2.75, 3.05) is 11.9 Å². The minimum absolute atomic E-state index is 0.0570. The van der Waals surface area contributed by atoms with E-state index in [2.05, 4.69) is 12.2 Å². The number of aliphatic hydroxyl groups is 1. The van der Waals surface area contributed by atoms with Crippen molar-refractivity contribution in [2.24, 2.45) is 5.92 Å². The van der Waals surface area contributed by atoms with Crippen molar-refractivity contribution >= 4 is 11.4 Å². The van der Waals surface area contributed by atoms with E-state index in [4.69, 9.17) is 0 Å². The number of nitro groups is 1. The van der Waals surface area contributed by atoms with Crippen LogP contribution in [0.2, 0.25) is 0 Å². The molecule has 5 nitrogen and oxygen atoms in total. The van der Waals surface area contributed by atoms with Crippen molar-refractivity contribution in [1.82, 2.24) is 0 Å². The van der Waals surface area contributed by atoms with Gasteiger partial charge in [0.2, 0.25) is 0 Å². The summed E-state index contributed by atoms with van der Waals surface area (Å²) >= 11 is 0. The van der Waals surface area contributed by atoms with Gasteiger partial charge in [-0.3, -0.25) is 10.1 Å². The van der Waals surface area contributed by atoms with Gasteiger partial charge in [-0.15, -0.1) is 0 Å². The van der Waals surface area contributed by atoms with Gasteiger partial charge in [0.15, 0.2) is 0 Å². The normalized spacial score (nSPS) is 26.2. The molecule has 1 saturated carbocycles. The molecule has 0 radical (unpaired) electrons. The fourth-order valence-electron chi connectivity index (χ4n) is 2.88. The smallest absolute Gasteiger partial charge is 0.271 e. The predicted octanol–water partition coefficient (Wildman–Crippen LogP) is 3.26. The van der Waals surface area contributed by atoms with E-state index in [1.807, 2.05) is 13.0 Å². The van der Waals surface area contributed by atoms with E-state index >= 15 is 0 Å². The molecule has 1 aromatic carbocycles. The number of non-ortho nitro benzene ring substituents is 1. The molecule has 1 aliphatic rings. The average molecular weight is 278 g/mol. The molecule has 5 heteroatoms. The van der Waals surface area contributed by atoms with Gasteiger partial charge in [0, 0.05) is 17.8 Å². The standard InChI is InChI=1S/C15H22N2O3/c1-11-3-5-15(10-18,6-4-11)16-13-7-12(2)8-14(9-13)17(19)20/h7-9,11,16,18H,3-6,10H2,1-2H3. The van der Waals surface area contributed by atoms with Crippen LogP contribution < -0.4 is 5.32 Å². The van der Waals surface area contributed by atoms with Crippen LogP contribution in [0.25, 0.3) is 0 Å². The molecule has 0 aliphatic heterocycles. The van der Waals surface area contributed by atoms with E-state index in [0.717, 1.165) is 36.9 Å². The third kappa shape index (κ3) is 3.28. The molecule has 1 aromatic rings. The minimum atomic E-state index is -0.382. The van der Waals surface area contributed by atoms with Crippen molar-refractivity contribution in [3.05, 3.63) is 33.9 Å². The first-order valence-electron chi connectivity index (χ1n) is 7.09. The van der Waals surface area contributed by atoms with Crippen molar-refractivity contribution in [2.45, 2.75) is 45.1 Å². The van der Waals surface area contributed by atoms with Crippen LogP contribution in [0, 0.1) is 23.0 Å². The van der Waals surface area contributed by atoms with Crippen molar-refractivity contribution in [3.63, 3.8) is 0 Å². The molecule has 20 heavy (non-hydrogen) atoms. The van der Waals surface area contributed by atoms with E-state index < -0.39 is 0 Å². The van der Waals surface area contributed by atoms with E-state index in [9.17, 15) is 15.2 Å². The van der Waals surface area contributed by atoms with Crippen LogP contribution in [-0.2, 0) is 0 Å². The van der Waals surface area contributed by atoms with Gasteiger partial charge < -0.3 is 10.4 Å². The predicted molar refractivity (Wildman–Crippen MR) is 78.9 cm³/mol. The fourth-order valence-corrected chi connectivity index (χ4v) is 2.88. The average Bonchev–Trinajstić information content (AvgIpc) is 2.41. The first-order valence-corrected chi connectivity index (χ1v) is 7.09. The molecular formula is C15H22N2O3. The van der Waals surface area contributed by atoms with Crippen LogP contribution in [0.3, 0.4) is 0 Å². The Hall–Kier alpha value is -1.62. The molecule has 0 unspecified atom stereocenters. The van der Waals surface area contributed by atoms with Gasteiger partial charge >= 0.3 is 0 Å². The highest BCUT2D eigenvalue weighted by Crippen LogP contribution is 2.35. The number of aliphatic hydroxyl groups excluding tert-OH is 1. The summed E-state index contributed by atoms with van der Waals surface area (Å²) in [6.07, 6.45) is 3.93. The number of hydrogen-bond acceptors (Lipinski definition) is 4. The molecule has 0 bridgehead atoms. The fraction of sp³-hybridized carbons (Fsp3) is 0.600. The number of nitrogens with zero attached hydrogens (tertiary/aromatic N) is 1. The molecule has 1 aliphatic carbocycles. The Kier molecular flexibility index (Phi) is 4.28. The maximum absolute atomic E-state index is 10.9. The van der Waals surface area contributed by atoms with Crippen LogP contribution >= 0.6 is 0 Å². The number of benzene rings is 1. The lowest BCUT2D eigenvalue weighted by molar-refractivity contribution is -0.384. The quantitative estimate of drug-likeness (QED) is 0.654. The Balaban J connectivity index is 2.21. The summed E-state index contributed by atoms with van der Waals surface area (Å²) in [7, 11) is 0. The molecule has 2 rings (SSSR count). The second-order valence-electron chi connectivity index (χ2n) is 6.06. The summed E-state index contributed by atoms with van der Waals surface area (Å²) in [6, 6.07) is 4.99. The van der Waals surface area contributed by atoms with E-state index in [0.29, 0.717) is 5.92 Å². The molecule has 2 N–H and O–H groups in total. The lowest BCUT2D eigenvalue weighted by Gasteiger charge is -2.39. The lowest BCUT2D eigenvalue weighted by Crippen LogP contribution is -2.45. The minimum Gasteiger partial charge on any atom is -0.394 e. The Morgan fingerprint density at radius 2 is 2.05 bits per heavy atom. The van der Waals surface area contributed by atoms with E-state index in [1.165, 1.54) is 0 Å². The Bertz CT molecular complexity index is 494. The van der Waals surface area contributed by atoms with Crippen molar-refractivity contribution < 1.29 is 10.0 Å². The molecule has 0 amide bonds. The van der Waals surface area contributed by atoms with Gasteiger partial charge in [-0.1, -0.05) is 6.92 Å². The first kappa shape index (κ1) is 14.8. The van der Waals surface area contributed by atoms with Gasteiger partial charge in [0.25, 0.3) is 5.69 Å². The van der Waals surface area contributed by atoms with E-state index in [1.54, 1.807) is 12.1 Å². The summed E-state index contributed by atoms with van der Waals surface area (Å²) in [5.74, 6) is 0.684. The molecule has 0 heterocycles. The zero-order valence-corrected chi connectivity index (χ0v) is 12.1. The van der Waals surface area contributed by atoms with Gasteiger partial charge in [-0.05, 0) is 50.2 Å². The number of anilines is 1. The largest absolute Gasteiger partial charge is 0.394 e. The highest BCUT2D eigenvalue weighted by Gasteiger charge is 2.33. The lowest BCUT2D eigenvalue weighted by atomic mass is 9.77. The maximum Gasteiger partial charge on any atom is 0.271 e. The second-order valence-corrected chi connectivity index (χ2v) is 6.06. The summed E-state index contributed by atoms with van der Waals surface area (Å²) in [4.78, 5) is 10.5. The topological polar surface area (TPSA) is 75.4 Å². The zero-order chi connectivity index (χ0) is 14.8. The summed E-state index contributed by atoms with van der Waals surface area (Å²) < 4.78 is 0. The van der Waals surface area contributed by atoms with Gasteiger partial charge in [0.05, 0.1) is 17.1 Å².